The predicted octanol–water partition coefficient (Wildman–Crippen LogP) is 6.36. The van der Waals surface area contributed by atoms with E-state index in [0.29, 0.717) is 15.8 Å². The average Bonchev–Trinajstić information content (AvgIpc) is 3.45. The Morgan fingerprint density at radius 1 is 0.955 bits per heavy atom. The monoisotopic (exact) mass is 976 g/mol. The van der Waals surface area contributed by atoms with Crippen LogP contribution in [0, 0.1) is 18.3 Å². The van der Waals surface area contributed by atoms with Crippen molar-refractivity contribution in [1.29, 1.82) is 0 Å². The van der Waals surface area contributed by atoms with Gasteiger partial charge in [-0.05, 0) is 78.8 Å². The smallest absolute Gasteiger partial charge is 0.413 e. The molecule has 1 saturated heterocycles. The molecule has 5 atom stereocenters. The summed E-state index contributed by atoms with van der Waals surface area (Å²) in [5.74, 6) is -3.45. The number of alkyl halides is 2. The van der Waals surface area contributed by atoms with Crippen LogP contribution in [0.1, 0.15) is 92.9 Å². The van der Waals surface area contributed by atoms with Crippen LogP contribution in [0.15, 0.2) is 41.3 Å². The van der Waals surface area contributed by atoms with Gasteiger partial charge in [0.25, 0.3) is 0 Å². The second-order valence-electron chi connectivity index (χ2n) is 19.9. The molecule has 67 heavy (non-hydrogen) atoms. The van der Waals surface area contributed by atoms with Crippen LogP contribution in [-0.4, -0.2) is 99.4 Å². The van der Waals surface area contributed by atoms with Gasteiger partial charge in [-0.25, -0.2) is 14.4 Å². The molecular formula is C45H70F2N8O10Si2. The highest BCUT2D eigenvalue weighted by atomic mass is 28.4. The zero-order valence-electron chi connectivity index (χ0n) is 40.8. The number of urea groups is 1. The van der Waals surface area contributed by atoms with Gasteiger partial charge in [-0.2, -0.15) is 13.8 Å². The van der Waals surface area contributed by atoms with E-state index < -0.39 is 93.7 Å². The lowest BCUT2D eigenvalue weighted by Gasteiger charge is -2.41. The minimum atomic E-state index is -3.67. The first kappa shape index (κ1) is 56.1. The van der Waals surface area contributed by atoms with Crippen LogP contribution in [-0.2, 0) is 39.3 Å². The number of primary amides is 1. The summed E-state index contributed by atoms with van der Waals surface area (Å²) < 4.78 is 57.5. The fourth-order valence-corrected chi connectivity index (χ4v) is 8.44. The first-order valence-corrected chi connectivity index (χ1v) is 28.1. The molecule has 22 heteroatoms. The lowest BCUT2D eigenvalue weighted by molar-refractivity contribution is -0.138. The number of aromatic nitrogens is 2. The number of ether oxygens (including phenoxy) is 2. The molecule has 1 fully saturated rings. The maximum atomic E-state index is 16.5. The van der Waals surface area contributed by atoms with E-state index in [4.69, 9.17) is 30.5 Å². The molecule has 0 unspecified atom stereocenters. The second-order valence-corrected chi connectivity index (χ2v) is 29.5. The summed E-state index contributed by atoms with van der Waals surface area (Å²) in [6, 6.07) is 4.63. The van der Waals surface area contributed by atoms with Crippen LogP contribution >= 0.6 is 0 Å². The summed E-state index contributed by atoms with van der Waals surface area (Å²) in [6.45, 7) is 22.9. The molecule has 372 valence electrons. The van der Waals surface area contributed by atoms with E-state index in [2.05, 4.69) is 37.5 Å². The van der Waals surface area contributed by atoms with Crippen LogP contribution in [0.25, 0.3) is 0 Å². The van der Waals surface area contributed by atoms with Crippen molar-refractivity contribution in [1.82, 2.24) is 25.5 Å². The lowest BCUT2D eigenvalue weighted by atomic mass is 10.0. The number of nitrogens with one attached hydrogen (secondary N) is 5. The van der Waals surface area contributed by atoms with Crippen molar-refractivity contribution < 1.29 is 51.1 Å². The molecule has 1 aliphatic heterocycles. The van der Waals surface area contributed by atoms with Crippen LogP contribution in [0.5, 0.6) is 0 Å². The number of hydrogen-bond acceptors (Lipinski definition) is 11. The third-order valence-corrected chi connectivity index (χ3v) is 21.2. The van der Waals surface area contributed by atoms with Crippen molar-refractivity contribution in [2.75, 3.05) is 23.8 Å². The van der Waals surface area contributed by atoms with Gasteiger partial charge in [0.2, 0.25) is 23.9 Å². The molecule has 1 aromatic carbocycles. The molecule has 2 heterocycles. The van der Waals surface area contributed by atoms with Crippen LogP contribution in [0.2, 0.25) is 36.3 Å². The molecule has 1 aliphatic rings. The molecule has 0 spiro atoms. The van der Waals surface area contributed by atoms with Gasteiger partial charge < -0.3 is 45.3 Å². The highest BCUT2D eigenvalue weighted by molar-refractivity contribution is 6.74. The van der Waals surface area contributed by atoms with E-state index >= 15 is 8.78 Å². The largest absolute Gasteiger partial charge is 0.444 e. The molecule has 7 N–H and O–H groups in total. The van der Waals surface area contributed by atoms with Gasteiger partial charge in [0.1, 0.15) is 36.7 Å². The maximum Gasteiger partial charge on any atom is 0.413 e. The summed E-state index contributed by atoms with van der Waals surface area (Å²) in [6.07, 6.45) is 0.958. The number of nitrogens with zero attached hydrogens (tertiary/aromatic N) is 2. The number of rotatable bonds is 21. The Bertz CT molecular complexity index is 2150. The standard InChI is InChI=1S/C45H70F2N8O10Si2/c1-14-15-18-34(56)54-35(28(2)3)38(58)51-31(17-16-24-49-40(48)59)37(57)50-30-21-19-29(20-22-30)26-62-42(61)53-33-23-25-55(41(60)52-33)39-45(46,47)36(65-67(12,13)44(7,8)9)32(64-39)27-63-66(10,11)43(4,5)6/h1,19-23,25,28,31-32,35-36,39H,15-18,24,26-27H2,2-13H3,(H,50,57)(H,51,58)(H,54,56)(H3,48,49,59)(H,52,53,60,61)/t31-,32+,35-,36-,39+/m0/s1. The first-order valence-electron chi connectivity index (χ1n) is 22.2. The van der Waals surface area contributed by atoms with E-state index in [1.807, 2.05) is 67.7 Å². The first-order chi connectivity index (χ1) is 30.9. The van der Waals surface area contributed by atoms with Crippen LogP contribution < -0.4 is 38.0 Å². The maximum absolute atomic E-state index is 16.5. The van der Waals surface area contributed by atoms with Crippen molar-refractivity contribution in [3.8, 4) is 12.3 Å². The van der Waals surface area contributed by atoms with Crippen molar-refractivity contribution in [3.63, 3.8) is 0 Å². The minimum Gasteiger partial charge on any atom is -0.444 e. The number of hydrogen-bond donors (Lipinski definition) is 6. The predicted molar refractivity (Wildman–Crippen MR) is 255 cm³/mol. The van der Waals surface area contributed by atoms with Gasteiger partial charge in [0, 0.05) is 31.3 Å². The summed E-state index contributed by atoms with van der Waals surface area (Å²) in [5, 5.41) is 12.3. The van der Waals surface area contributed by atoms with Crippen molar-refractivity contribution in [2.45, 2.75) is 160 Å². The SMILES string of the molecule is C#CCCC(=O)N[C@H](C(=O)N[C@@H](CCCNC(N)=O)C(=O)Nc1ccc(COC(=O)Nc2ccn([C@@H]3O[C@H](CO[Si](C)(C)C(C)(C)C)[C@H](O[Si](C)(C)C(C)(C)C)C3(F)F)c(=O)n2)cc1)C(C)C. The summed E-state index contributed by atoms with van der Waals surface area (Å²) in [4.78, 5) is 80.2. The number of amides is 6. The third-order valence-electron chi connectivity index (χ3n) is 12.3. The van der Waals surface area contributed by atoms with Gasteiger partial charge in [0.15, 0.2) is 16.6 Å². The fourth-order valence-electron chi connectivity index (χ4n) is 6.13. The molecule has 2 aromatic rings. The normalized spacial score (nSPS) is 18.3. The Balaban J connectivity index is 1.68. The topological polar surface area (TPSA) is 243 Å². The zero-order chi connectivity index (χ0) is 50.7. The third kappa shape index (κ3) is 15.9. The fraction of sp³-hybridized carbons (Fsp3) is 0.622. The second kappa shape index (κ2) is 23.2. The molecule has 0 saturated carbocycles. The van der Waals surface area contributed by atoms with Crippen molar-refractivity contribution in [2.24, 2.45) is 11.7 Å². The lowest BCUT2D eigenvalue weighted by Crippen LogP contribution is -2.54. The molecule has 18 nitrogen and oxygen atoms in total. The van der Waals surface area contributed by atoms with E-state index in [0.717, 1.165) is 6.20 Å². The minimum absolute atomic E-state index is 0.0289. The Kier molecular flexibility index (Phi) is 19.4. The highest BCUT2D eigenvalue weighted by Crippen LogP contribution is 2.48. The Labute approximate surface area is 394 Å². The number of benzene rings is 1. The molecule has 6 amide bonds. The van der Waals surface area contributed by atoms with Crippen molar-refractivity contribution in [3.05, 3.63) is 52.6 Å². The average molecular weight is 977 g/mol. The van der Waals surface area contributed by atoms with Crippen LogP contribution in [0.4, 0.5) is 29.9 Å². The highest BCUT2D eigenvalue weighted by Gasteiger charge is 2.63. The Morgan fingerprint density at radius 3 is 2.13 bits per heavy atom. The number of terminal acetylenes is 1. The van der Waals surface area contributed by atoms with Gasteiger partial charge in [-0.3, -0.25) is 24.3 Å². The van der Waals surface area contributed by atoms with Gasteiger partial charge in [0.05, 0.1) is 6.61 Å². The van der Waals surface area contributed by atoms with Gasteiger partial charge in [-0.15, -0.1) is 12.3 Å². The molecule has 1 aromatic heterocycles. The van der Waals surface area contributed by atoms with E-state index in [-0.39, 0.29) is 62.2 Å². The summed E-state index contributed by atoms with van der Waals surface area (Å²) >= 11 is 0. The summed E-state index contributed by atoms with van der Waals surface area (Å²) in [5.41, 5.74) is 4.89. The van der Waals surface area contributed by atoms with E-state index in [9.17, 15) is 28.8 Å². The zero-order valence-corrected chi connectivity index (χ0v) is 42.8. The van der Waals surface area contributed by atoms with E-state index in [1.165, 1.54) is 6.07 Å². The number of anilines is 2. The van der Waals surface area contributed by atoms with Gasteiger partial charge in [-0.1, -0.05) is 67.5 Å². The number of carbonyl (C=O) groups excluding carboxylic acids is 5. The Morgan fingerprint density at radius 2 is 1.58 bits per heavy atom. The van der Waals surface area contributed by atoms with E-state index in [1.54, 1.807) is 38.1 Å². The summed E-state index contributed by atoms with van der Waals surface area (Å²) in [7, 11) is -5.18. The molecule has 3 rings (SSSR count). The van der Waals surface area contributed by atoms with Gasteiger partial charge >= 0.3 is 23.7 Å². The van der Waals surface area contributed by atoms with Crippen molar-refractivity contribution >= 4 is 58.0 Å². The number of halogens is 2. The van der Waals surface area contributed by atoms with Crippen LogP contribution in [0.3, 0.4) is 0 Å². The molecular weight excluding hydrogens is 907 g/mol. The number of carbonyl (C=O) groups is 5. The quantitative estimate of drug-likeness (QED) is 0.0457. The molecule has 0 bridgehead atoms. The Hall–Kier alpha value is -5.22. The molecule has 0 aliphatic carbocycles. The molecule has 0 radical (unpaired) electrons. The number of nitrogens with two attached hydrogens (primary N) is 1.